The molecule has 0 spiro atoms. The minimum Gasteiger partial charge on any atom is -0.478 e. The fourth-order valence-electron chi connectivity index (χ4n) is 8.85. The van der Waals surface area contributed by atoms with Crippen molar-refractivity contribution in [2.24, 2.45) is 0 Å². The zero-order chi connectivity index (χ0) is 64.6. The summed E-state index contributed by atoms with van der Waals surface area (Å²) in [6.45, 7) is 10.9. The van der Waals surface area contributed by atoms with E-state index in [1.54, 1.807) is 147 Å². The van der Waals surface area contributed by atoms with Gasteiger partial charge in [0.15, 0.2) is 0 Å². The summed E-state index contributed by atoms with van der Waals surface area (Å²) < 4.78 is 88.7. The van der Waals surface area contributed by atoms with Gasteiger partial charge in [-0.1, -0.05) is 54.6 Å². The van der Waals surface area contributed by atoms with Crippen molar-refractivity contribution in [2.75, 3.05) is 49.3 Å². The fourth-order valence-corrected chi connectivity index (χ4v) is 12.1. The van der Waals surface area contributed by atoms with Gasteiger partial charge in [0.05, 0.1) is 46.8 Å². The number of fused-ring (bicyclic) bond motifs is 2. The predicted molar refractivity (Wildman–Crippen MR) is 363 cm³/mol. The summed E-state index contributed by atoms with van der Waals surface area (Å²) in [6, 6.07) is 52.6. The van der Waals surface area contributed by atoms with Gasteiger partial charge in [0.1, 0.15) is 11.2 Å². The summed E-state index contributed by atoms with van der Waals surface area (Å²) in [6.07, 6.45) is 3.30. The van der Waals surface area contributed by atoms with E-state index in [-0.39, 0.29) is 5.56 Å². The van der Waals surface area contributed by atoms with Crippen LogP contribution in [0.15, 0.2) is 187 Å². The number of nitrogens with one attached hydrogen (secondary N) is 5. The first-order chi connectivity index (χ1) is 41.7. The second-order valence-electron chi connectivity index (χ2n) is 22.6. The van der Waals surface area contributed by atoms with Crippen LogP contribution in [0, 0.1) is 0 Å². The van der Waals surface area contributed by atoms with Crippen LogP contribution >= 0.6 is 22.7 Å². The first-order valence-electron chi connectivity index (χ1n) is 27.3. The van der Waals surface area contributed by atoms with Gasteiger partial charge in [0.2, 0.25) is 30.1 Å². The minimum absolute atomic E-state index is 0.166. The van der Waals surface area contributed by atoms with Gasteiger partial charge in [0.25, 0.3) is 0 Å². The maximum Gasteiger partial charge on any atom is 0.340 e. The second-order valence-corrected chi connectivity index (χ2v) is 29.7. The largest absolute Gasteiger partial charge is 0.478 e. The number of hydrogen-bond donors (Lipinski definition) is 7. The van der Waals surface area contributed by atoms with Gasteiger partial charge in [-0.15, -0.1) is 22.7 Å². The van der Waals surface area contributed by atoms with E-state index < -0.39 is 59.2 Å². The third-order valence-corrected chi connectivity index (χ3v) is 16.2. The summed E-state index contributed by atoms with van der Waals surface area (Å²) >= 11 is 3.33. The van der Waals surface area contributed by atoms with Crippen molar-refractivity contribution < 1.29 is 54.2 Å². The lowest BCUT2D eigenvalue weighted by atomic mass is 10.0. The molecule has 18 nitrogen and oxygen atoms in total. The Balaban J connectivity index is 0.000000175. The zero-order valence-electron chi connectivity index (χ0n) is 50.0. The molecule has 2 aromatic heterocycles. The lowest BCUT2D eigenvalue weighted by molar-refractivity contribution is 0.00581. The van der Waals surface area contributed by atoms with E-state index in [1.165, 1.54) is 4.70 Å². The molecule has 0 saturated heterocycles. The lowest BCUT2D eigenvalue weighted by Crippen LogP contribution is -2.24. The molecule has 10 rings (SSSR count). The highest BCUT2D eigenvalue weighted by atomic mass is 32.2. The Bertz CT molecular complexity index is 4590. The van der Waals surface area contributed by atoms with Gasteiger partial charge >= 0.3 is 17.9 Å². The molecule has 0 bridgehead atoms. The van der Waals surface area contributed by atoms with E-state index in [1.807, 2.05) is 98.3 Å². The molecule has 8 N–H and O–H groups in total. The normalized spacial score (nSPS) is 11.7. The summed E-state index contributed by atoms with van der Waals surface area (Å²) in [7, 11) is -10.0. The highest BCUT2D eigenvalue weighted by Crippen LogP contribution is 2.35. The second kappa shape index (κ2) is 27.0. The van der Waals surface area contributed by atoms with Crippen LogP contribution in [0.25, 0.3) is 53.6 Å². The quantitative estimate of drug-likeness (QED) is 0.0350. The Morgan fingerprint density at radius 1 is 0.404 bits per heavy atom. The van der Waals surface area contributed by atoms with Gasteiger partial charge in [-0.2, -0.15) is 0 Å². The van der Waals surface area contributed by atoms with Crippen molar-refractivity contribution in [1.82, 2.24) is 0 Å². The van der Waals surface area contributed by atoms with Crippen molar-refractivity contribution in [1.29, 1.82) is 0 Å². The van der Waals surface area contributed by atoms with Crippen LogP contribution in [0.5, 0.6) is 0 Å². The molecule has 0 fully saturated rings. The van der Waals surface area contributed by atoms with Crippen LogP contribution in [0.3, 0.4) is 0 Å². The number of thiophene rings is 2. The summed E-state index contributed by atoms with van der Waals surface area (Å²) in [4.78, 5) is 36.8. The van der Waals surface area contributed by atoms with Crippen LogP contribution < -0.4 is 30.5 Å². The number of rotatable bonds is 16. The number of carbonyl (C=O) groups is 3. The first-order valence-corrected chi connectivity index (χ1v) is 34.7. The number of carbonyl (C=O) groups excluding carboxylic acids is 2. The molecule has 0 aliphatic rings. The van der Waals surface area contributed by atoms with Crippen LogP contribution in [0.4, 0.5) is 45.5 Å². The minimum atomic E-state index is -3.35. The topological polar surface area (TPSA) is 278 Å². The van der Waals surface area contributed by atoms with Gasteiger partial charge in [-0.05, 0) is 218 Å². The smallest absolute Gasteiger partial charge is 0.340 e. The highest BCUT2D eigenvalue weighted by molar-refractivity contribution is 7.92. The lowest BCUT2D eigenvalue weighted by Gasteiger charge is -2.21. The van der Waals surface area contributed by atoms with E-state index in [9.17, 15) is 44.7 Å². The van der Waals surface area contributed by atoms with Gasteiger partial charge in [-0.25, -0.2) is 39.6 Å². The molecule has 0 unspecified atom stereocenters. The number of carboxylic acid groups (broad SMARTS) is 1. The number of ether oxygens (including phenoxy) is 2. The van der Waals surface area contributed by atoms with Crippen LogP contribution in [0.1, 0.15) is 72.6 Å². The van der Waals surface area contributed by atoms with Crippen LogP contribution in [-0.4, -0.2) is 78.2 Å². The Kier molecular flexibility index (Phi) is 19.9. The molecule has 10 aromatic rings. The molecule has 0 aliphatic carbocycles. The first kappa shape index (κ1) is 65.7. The third kappa shape index (κ3) is 19.4. The number of nitrogens with two attached hydrogens (primary N) is 1. The van der Waals surface area contributed by atoms with Crippen LogP contribution in [0.2, 0.25) is 0 Å². The third-order valence-electron chi connectivity index (χ3n) is 12.6. The predicted octanol–water partition coefficient (Wildman–Crippen LogP) is 15.3. The number of benzene rings is 8. The van der Waals surface area contributed by atoms with Gasteiger partial charge in [-0.3, -0.25) is 14.2 Å². The van der Waals surface area contributed by atoms with E-state index in [4.69, 9.17) is 15.2 Å². The number of aromatic carboxylic acids is 1. The molecule has 23 heteroatoms. The number of esters is 2. The number of carboxylic acids is 1. The Hall–Kier alpha value is -9.26. The number of nitrogen functional groups attached to an aromatic ring is 1. The van der Waals surface area contributed by atoms with Crippen molar-refractivity contribution in [3.63, 3.8) is 0 Å². The fraction of sp³-hybridized carbons (Fsp3) is 0.167. The molecular weight excluding hydrogens is 1230 g/mol. The average molecular weight is 1300 g/mol. The van der Waals surface area contributed by atoms with E-state index in [0.717, 1.165) is 79.0 Å². The molecule has 0 saturated carbocycles. The number of anilines is 8. The van der Waals surface area contributed by atoms with Crippen molar-refractivity contribution in [2.45, 2.75) is 52.7 Å². The summed E-state index contributed by atoms with van der Waals surface area (Å²) in [5.74, 6) is -1.90. The Labute approximate surface area is 525 Å². The summed E-state index contributed by atoms with van der Waals surface area (Å²) in [5.41, 5.74) is 15.3. The molecule has 0 amide bonds. The standard InChI is InChI=1S/C26H26N2O4S2.C22H18N2O4S2.C18H22N2O4S/c1-26(2,3)32-25(29)22-11-7-18(17-5-8-20(9-6-17)28-34(4,30)31)16-23(22)27-21-10-12-24-19(15-21)13-14-33-24;1-30(27,28)24-17-5-2-14(3-6-17)15-4-8-19(22(25)26)20(13-15)23-18-7-9-21-16(12-18)10-11-29-21;1-18(2,3)24-17(21)15-10-7-13(11-16(15)19)12-5-8-14(9-6-12)20-25(4,22)23/h5-16,27-28H,1-4H3;2-13,23-24H,1H3,(H,25,26);5-11,20H,19H2,1-4H3. The van der Waals surface area contributed by atoms with Crippen LogP contribution in [-0.2, 0) is 39.5 Å². The molecule has 462 valence electrons. The maximum atomic E-state index is 12.9. The average Bonchev–Trinajstić information content (AvgIpc) is 1.54. The Morgan fingerprint density at radius 2 is 0.719 bits per heavy atom. The van der Waals surface area contributed by atoms with Crippen molar-refractivity contribution in [3.8, 4) is 33.4 Å². The van der Waals surface area contributed by atoms with E-state index in [0.29, 0.717) is 45.3 Å². The molecule has 0 radical (unpaired) electrons. The summed E-state index contributed by atoms with van der Waals surface area (Å²) in [5, 5.41) is 22.5. The molecule has 0 atom stereocenters. The van der Waals surface area contributed by atoms with Crippen molar-refractivity contribution in [3.05, 3.63) is 203 Å². The van der Waals surface area contributed by atoms with Gasteiger partial charge < -0.3 is 30.9 Å². The van der Waals surface area contributed by atoms with Crippen molar-refractivity contribution >= 4 is 136 Å². The Morgan fingerprint density at radius 3 is 1.07 bits per heavy atom. The monoisotopic (exact) mass is 1290 g/mol. The molecule has 2 heterocycles. The molecular formula is C66H66N6O12S5. The molecule has 0 aliphatic heterocycles. The highest BCUT2D eigenvalue weighted by Gasteiger charge is 2.23. The number of sulfonamides is 3. The van der Waals surface area contributed by atoms with E-state index >= 15 is 0 Å². The number of hydrogen-bond acceptors (Lipinski definition) is 16. The van der Waals surface area contributed by atoms with E-state index in [2.05, 4.69) is 30.9 Å². The van der Waals surface area contributed by atoms with Gasteiger partial charge in [0, 0.05) is 43.5 Å². The zero-order valence-corrected chi connectivity index (χ0v) is 54.0. The maximum absolute atomic E-state index is 12.9. The molecule has 8 aromatic carbocycles. The molecule has 89 heavy (non-hydrogen) atoms. The SMILES string of the molecule is CC(C)(C)OC(=O)c1ccc(-c2ccc(NS(C)(=O)=O)cc2)cc1N.CC(C)(C)OC(=O)c1ccc(-c2ccc(NS(C)(=O)=O)cc2)cc1Nc1ccc2sccc2c1.CS(=O)(=O)Nc1ccc(-c2ccc(C(=O)O)c(Nc3ccc4sccc4c3)c2)cc1.